The van der Waals surface area contributed by atoms with Gasteiger partial charge in [0.1, 0.15) is 4.87 Å². The van der Waals surface area contributed by atoms with Crippen molar-refractivity contribution >= 4 is 52.8 Å². The number of hydrogen-bond acceptors (Lipinski definition) is 4. The van der Waals surface area contributed by atoms with Crippen LogP contribution in [0.1, 0.15) is 48.4 Å². The van der Waals surface area contributed by atoms with Crippen LogP contribution in [0.2, 0.25) is 0 Å². The molecule has 0 unspecified atom stereocenters. The predicted molar refractivity (Wildman–Crippen MR) is 117 cm³/mol. The summed E-state index contributed by atoms with van der Waals surface area (Å²) in [6.45, 7) is 7.22. The summed E-state index contributed by atoms with van der Waals surface area (Å²) in [6.07, 6.45) is 0. The summed E-state index contributed by atoms with van der Waals surface area (Å²) < 4.78 is 18.3. The van der Waals surface area contributed by atoms with Gasteiger partial charge in [0.15, 0.2) is 11.6 Å². The summed E-state index contributed by atoms with van der Waals surface area (Å²) in [7, 11) is 4.81. The fourth-order valence-corrected chi connectivity index (χ4v) is 1.98. The molecular formula is C20H23Cl3O4S. The summed E-state index contributed by atoms with van der Waals surface area (Å²) >= 11 is 5.87. The average Bonchev–Trinajstić information content (AvgIpc) is 2.60. The molecule has 0 aliphatic rings. The first kappa shape index (κ1) is 26.6. The second-order valence-electron chi connectivity index (χ2n) is 6.43. The maximum Gasteiger partial charge on any atom is 0.317 e. The van der Waals surface area contributed by atoms with Crippen molar-refractivity contribution in [3.63, 3.8) is 0 Å². The van der Waals surface area contributed by atoms with E-state index >= 15 is 0 Å². The molecule has 0 radical (unpaired) electrons. The zero-order valence-electron chi connectivity index (χ0n) is 16.0. The molecule has 154 valence electrons. The van der Waals surface area contributed by atoms with E-state index in [1.807, 2.05) is 62.4 Å². The van der Waals surface area contributed by atoms with Gasteiger partial charge >= 0.3 is 8.26 Å². The van der Waals surface area contributed by atoms with Crippen LogP contribution in [0.25, 0.3) is 0 Å². The molecule has 2 rings (SSSR count). The van der Waals surface area contributed by atoms with Crippen LogP contribution in [0, 0.1) is 5.92 Å². The first-order chi connectivity index (χ1) is 12.7. The van der Waals surface area contributed by atoms with Gasteiger partial charge in [-0.2, -0.15) is 8.42 Å². The second kappa shape index (κ2) is 12.2. The van der Waals surface area contributed by atoms with Crippen LogP contribution in [-0.2, 0) is 8.26 Å². The largest absolute Gasteiger partial charge is 0.317 e. The number of benzene rings is 2. The van der Waals surface area contributed by atoms with Gasteiger partial charge < -0.3 is 0 Å². The van der Waals surface area contributed by atoms with E-state index in [0.717, 1.165) is 5.56 Å². The highest BCUT2D eigenvalue weighted by Crippen LogP contribution is 2.19. The van der Waals surface area contributed by atoms with E-state index in [4.69, 9.17) is 20.0 Å². The quantitative estimate of drug-likeness (QED) is 0.310. The first-order valence-electron chi connectivity index (χ1n) is 8.25. The van der Waals surface area contributed by atoms with Crippen molar-refractivity contribution in [2.45, 2.75) is 32.6 Å². The summed E-state index contributed by atoms with van der Waals surface area (Å²) in [6, 6.07) is 18.5. The highest BCUT2D eigenvalue weighted by atomic mass is 36.0. The summed E-state index contributed by atoms with van der Waals surface area (Å²) in [5, 5.41) is 0. The average molecular weight is 466 g/mol. The number of carbonyl (C=O) groups is 2. The summed E-state index contributed by atoms with van der Waals surface area (Å²) in [5.74, 6) is 0.271. The number of alkyl halides is 1. The van der Waals surface area contributed by atoms with E-state index in [2.05, 4.69) is 21.4 Å². The molecule has 4 nitrogen and oxygen atoms in total. The smallest absolute Gasteiger partial charge is 0.294 e. The molecule has 0 N–H and O–H groups in total. The van der Waals surface area contributed by atoms with Crippen LogP contribution in [0.3, 0.4) is 0 Å². The van der Waals surface area contributed by atoms with Gasteiger partial charge in [0.25, 0.3) is 0 Å². The first-order valence-corrected chi connectivity index (χ1v) is 11.8. The van der Waals surface area contributed by atoms with Crippen LogP contribution in [-0.4, -0.2) is 24.9 Å². The molecule has 0 saturated carbocycles. The Kier molecular flexibility index (Phi) is 11.6. The molecular weight excluding hydrogens is 443 g/mol. The van der Waals surface area contributed by atoms with Crippen molar-refractivity contribution in [3.05, 3.63) is 71.8 Å². The Bertz CT molecular complexity index is 836. The predicted octanol–water partition coefficient (Wildman–Crippen LogP) is 6.12. The highest BCUT2D eigenvalue weighted by molar-refractivity contribution is 8.31. The Hall–Kier alpha value is -1.40. The van der Waals surface area contributed by atoms with Gasteiger partial charge in [0.05, 0.1) is 0 Å². The van der Waals surface area contributed by atoms with Crippen LogP contribution in [0.5, 0.6) is 0 Å². The van der Waals surface area contributed by atoms with Gasteiger partial charge in [-0.3, -0.25) is 9.59 Å². The molecule has 2 aromatic rings. The van der Waals surface area contributed by atoms with Gasteiger partial charge in [-0.1, -0.05) is 74.5 Å². The zero-order chi connectivity index (χ0) is 22.0. The third-order valence-corrected chi connectivity index (χ3v) is 3.33. The van der Waals surface area contributed by atoms with Crippen molar-refractivity contribution < 1.29 is 18.0 Å². The van der Waals surface area contributed by atoms with Gasteiger partial charge in [-0.25, -0.2) is 0 Å². The third kappa shape index (κ3) is 12.9. The Morgan fingerprint density at radius 1 is 0.821 bits per heavy atom. The maximum absolute atomic E-state index is 11.5. The molecule has 0 aromatic heterocycles. The molecule has 0 aliphatic heterocycles. The van der Waals surface area contributed by atoms with Crippen molar-refractivity contribution in [2.75, 3.05) is 0 Å². The molecule has 0 heterocycles. The Morgan fingerprint density at radius 3 is 1.43 bits per heavy atom. The molecule has 8 heteroatoms. The van der Waals surface area contributed by atoms with Crippen LogP contribution in [0.15, 0.2) is 60.7 Å². The SMILES string of the molecule is CC(C)(Cl)C(=O)c1ccccc1.CC(C)C(=O)c1ccccc1.O=S(=O)(Cl)Cl. The fraction of sp³-hybridized carbons (Fsp3) is 0.300. The Labute approximate surface area is 180 Å². The summed E-state index contributed by atoms with van der Waals surface area (Å²) in [4.78, 5) is 22.1. The van der Waals surface area contributed by atoms with Crippen molar-refractivity contribution in [1.29, 1.82) is 0 Å². The van der Waals surface area contributed by atoms with Crippen LogP contribution in [0.4, 0.5) is 0 Å². The van der Waals surface area contributed by atoms with Crippen LogP contribution >= 0.6 is 33.0 Å². The second-order valence-corrected chi connectivity index (χ2v) is 11.0. The Morgan fingerprint density at radius 2 is 1.14 bits per heavy atom. The number of Topliss-reactive ketones (excluding diaryl/α,β-unsaturated/α-hetero) is 2. The monoisotopic (exact) mass is 464 g/mol. The topological polar surface area (TPSA) is 68.3 Å². The number of ketones is 2. The Balaban J connectivity index is 0.000000424. The molecule has 0 spiro atoms. The van der Waals surface area contributed by atoms with E-state index in [1.165, 1.54) is 0 Å². The van der Waals surface area contributed by atoms with E-state index in [9.17, 15) is 9.59 Å². The van der Waals surface area contributed by atoms with Crippen molar-refractivity contribution in [2.24, 2.45) is 5.92 Å². The van der Waals surface area contributed by atoms with E-state index in [1.54, 1.807) is 26.0 Å². The lowest BCUT2D eigenvalue weighted by Gasteiger charge is -2.13. The lowest BCUT2D eigenvalue weighted by molar-refractivity contribution is 0.0936. The van der Waals surface area contributed by atoms with E-state index in [0.29, 0.717) is 5.56 Å². The summed E-state index contributed by atoms with van der Waals surface area (Å²) in [5.41, 5.74) is 1.47. The minimum atomic E-state index is -3.72. The highest BCUT2D eigenvalue weighted by Gasteiger charge is 2.24. The molecule has 0 amide bonds. The molecule has 0 saturated heterocycles. The van der Waals surface area contributed by atoms with Crippen LogP contribution < -0.4 is 0 Å². The molecule has 28 heavy (non-hydrogen) atoms. The standard InChI is InChI=1S/C10H11ClO.C10H12O.Cl2O2S/c1-10(2,11)9(12)8-6-4-3-5-7-8;1-8(2)10(11)9-6-4-3-5-7-9;1-5(2,3)4/h3-7H,1-2H3;3-8H,1-2H3;. The number of carbonyl (C=O) groups excluding carboxylic acids is 2. The lowest BCUT2D eigenvalue weighted by atomic mass is 10.0. The zero-order valence-corrected chi connectivity index (χ0v) is 19.1. The van der Waals surface area contributed by atoms with Gasteiger partial charge in [-0.05, 0) is 13.8 Å². The molecule has 0 fully saturated rings. The fourth-order valence-electron chi connectivity index (χ4n) is 1.87. The normalized spacial score (nSPS) is 10.9. The van der Waals surface area contributed by atoms with Crippen molar-refractivity contribution in [1.82, 2.24) is 0 Å². The molecule has 0 aliphatic carbocycles. The lowest BCUT2D eigenvalue weighted by Crippen LogP contribution is -2.24. The minimum absolute atomic E-state index is 0.0373. The van der Waals surface area contributed by atoms with Gasteiger partial charge in [0.2, 0.25) is 0 Å². The number of halogens is 3. The number of hydrogen-bond donors (Lipinski definition) is 0. The van der Waals surface area contributed by atoms with Crippen molar-refractivity contribution in [3.8, 4) is 0 Å². The van der Waals surface area contributed by atoms with Gasteiger partial charge in [-0.15, -0.1) is 11.6 Å². The molecule has 0 bridgehead atoms. The third-order valence-electron chi connectivity index (χ3n) is 3.16. The van der Waals surface area contributed by atoms with Gasteiger partial charge in [0, 0.05) is 38.4 Å². The molecule has 0 atom stereocenters. The van der Waals surface area contributed by atoms with E-state index < -0.39 is 13.1 Å². The van der Waals surface area contributed by atoms with E-state index in [-0.39, 0.29) is 17.5 Å². The molecule has 2 aromatic carbocycles. The number of rotatable bonds is 4. The minimum Gasteiger partial charge on any atom is -0.294 e. The maximum atomic E-state index is 11.5.